The molecule has 0 aliphatic rings. The van der Waals surface area contributed by atoms with Crippen LogP contribution in [0.5, 0.6) is 17.2 Å². The van der Waals surface area contributed by atoms with Gasteiger partial charge in [0.1, 0.15) is 5.69 Å². The summed E-state index contributed by atoms with van der Waals surface area (Å²) < 4.78 is 15.6. The van der Waals surface area contributed by atoms with E-state index in [1.807, 2.05) is 0 Å². The summed E-state index contributed by atoms with van der Waals surface area (Å²) in [6, 6.07) is 7.64. The molecule has 0 saturated carbocycles. The highest BCUT2D eigenvalue weighted by atomic mass is 16.5. The molecule has 0 saturated heterocycles. The Labute approximate surface area is 154 Å². The molecule has 0 heterocycles. The number of methoxy groups -OCH3 is 3. The maximum atomic E-state index is 11.6. The highest BCUT2D eigenvalue weighted by Crippen LogP contribution is 2.47. The predicted molar refractivity (Wildman–Crippen MR) is 95.0 cm³/mol. The van der Waals surface area contributed by atoms with Crippen molar-refractivity contribution in [3.63, 3.8) is 0 Å². The van der Waals surface area contributed by atoms with E-state index in [2.05, 4.69) is 10.2 Å². The molecule has 0 unspecified atom stereocenters. The van der Waals surface area contributed by atoms with Gasteiger partial charge in [-0.2, -0.15) is 5.11 Å². The van der Waals surface area contributed by atoms with Gasteiger partial charge in [-0.25, -0.2) is 4.79 Å². The lowest BCUT2D eigenvalue weighted by Crippen LogP contribution is -2.02. The van der Waals surface area contributed by atoms with Crippen LogP contribution >= 0.6 is 0 Å². The standard InChI is InChI=1S/C18H18N2O7/c1-25-13-9-12(18(23)24)15(17(27-3)16(13)26-2)20-19-11-6-4-10(5-7-11)8-14(21)22/h4-7,9H,8H2,1-3H3,(H,21,22)(H,23,24). The van der Waals surface area contributed by atoms with Crippen molar-refractivity contribution in [3.8, 4) is 17.2 Å². The normalized spacial score (nSPS) is 10.6. The number of carbonyl (C=O) groups is 2. The number of aliphatic carboxylic acids is 1. The van der Waals surface area contributed by atoms with E-state index in [4.69, 9.17) is 19.3 Å². The molecule has 2 N–H and O–H groups in total. The largest absolute Gasteiger partial charge is 0.493 e. The third kappa shape index (κ3) is 4.51. The van der Waals surface area contributed by atoms with E-state index < -0.39 is 11.9 Å². The van der Waals surface area contributed by atoms with Gasteiger partial charge in [0.05, 0.1) is 39.0 Å². The third-order valence-corrected chi connectivity index (χ3v) is 3.59. The Morgan fingerprint density at radius 1 is 0.926 bits per heavy atom. The van der Waals surface area contributed by atoms with Crippen LogP contribution in [0.25, 0.3) is 0 Å². The number of aromatic carboxylic acids is 1. The van der Waals surface area contributed by atoms with E-state index in [1.165, 1.54) is 27.4 Å². The summed E-state index contributed by atoms with van der Waals surface area (Å²) in [5, 5.41) is 26.3. The van der Waals surface area contributed by atoms with E-state index in [0.29, 0.717) is 11.3 Å². The van der Waals surface area contributed by atoms with E-state index in [9.17, 15) is 14.7 Å². The Bertz CT molecular complexity index is 876. The van der Waals surface area contributed by atoms with Crippen LogP contribution < -0.4 is 14.2 Å². The fraction of sp³-hybridized carbons (Fsp3) is 0.222. The average molecular weight is 374 g/mol. The molecule has 0 aliphatic carbocycles. The monoisotopic (exact) mass is 374 g/mol. The van der Waals surface area contributed by atoms with Gasteiger partial charge >= 0.3 is 11.9 Å². The molecule has 9 nitrogen and oxygen atoms in total. The second-order valence-electron chi connectivity index (χ2n) is 5.28. The maximum Gasteiger partial charge on any atom is 0.338 e. The Morgan fingerprint density at radius 3 is 2.04 bits per heavy atom. The van der Waals surface area contributed by atoms with Crippen LogP contribution in [0.2, 0.25) is 0 Å². The molecule has 0 spiro atoms. The van der Waals surface area contributed by atoms with Crippen LogP contribution in [-0.4, -0.2) is 43.5 Å². The van der Waals surface area contributed by atoms with Gasteiger partial charge < -0.3 is 24.4 Å². The molecule has 0 bridgehead atoms. The summed E-state index contributed by atoms with van der Waals surface area (Å²) in [4.78, 5) is 22.3. The Hall–Kier alpha value is -3.62. The lowest BCUT2D eigenvalue weighted by molar-refractivity contribution is -0.136. The van der Waals surface area contributed by atoms with Gasteiger partial charge in [0.2, 0.25) is 5.75 Å². The van der Waals surface area contributed by atoms with Crippen molar-refractivity contribution in [3.05, 3.63) is 41.5 Å². The molecule has 0 atom stereocenters. The first-order valence-electron chi connectivity index (χ1n) is 7.70. The first kappa shape index (κ1) is 19.7. The molecule has 0 fully saturated rings. The minimum Gasteiger partial charge on any atom is -0.493 e. The SMILES string of the molecule is COc1cc(C(=O)O)c(N=Nc2ccc(CC(=O)O)cc2)c(OC)c1OC. The summed E-state index contributed by atoms with van der Waals surface area (Å²) in [7, 11) is 4.12. The van der Waals surface area contributed by atoms with E-state index in [1.54, 1.807) is 24.3 Å². The van der Waals surface area contributed by atoms with Gasteiger partial charge in [-0.15, -0.1) is 5.11 Å². The number of carboxylic acids is 2. The summed E-state index contributed by atoms with van der Waals surface area (Å²) in [6.45, 7) is 0. The van der Waals surface area contributed by atoms with Crippen LogP contribution in [0.3, 0.4) is 0 Å². The van der Waals surface area contributed by atoms with Gasteiger partial charge in [0.25, 0.3) is 0 Å². The van der Waals surface area contributed by atoms with Crippen LogP contribution in [-0.2, 0) is 11.2 Å². The zero-order valence-corrected chi connectivity index (χ0v) is 14.9. The van der Waals surface area contributed by atoms with Gasteiger partial charge in [-0.1, -0.05) is 12.1 Å². The second-order valence-corrected chi connectivity index (χ2v) is 5.28. The highest BCUT2D eigenvalue weighted by molar-refractivity contribution is 5.97. The van der Waals surface area contributed by atoms with Gasteiger partial charge in [-0.05, 0) is 17.7 Å². The molecule has 0 amide bonds. The van der Waals surface area contributed by atoms with Crippen molar-refractivity contribution in [1.29, 1.82) is 0 Å². The summed E-state index contributed by atoms with van der Waals surface area (Å²) in [6.07, 6.45) is -0.107. The quantitative estimate of drug-likeness (QED) is 0.677. The van der Waals surface area contributed by atoms with E-state index in [0.717, 1.165) is 0 Å². The Kier molecular flexibility index (Phi) is 6.32. The van der Waals surface area contributed by atoms with Crippen molar-refractivity contribution in [2.45, 2.75) is 6.42 Å². The van der Waals surface area contributed by atoms with Crippen molar-refractivity contribution < 1.29 is 34.0 Å². The van der Waals surface area contributed by atoms with Crippen molar-refractivity contribution in [2.75, 3.05) is 21.3 Å². The number of benzene rings is 2. The number of rotatable bonds is 8. The predicted octanol–water partition coefficient (Wildman–Crippen LogP) is 3.45. The molecular formula is C18H18N2O7. The van der Waals surface area contributed by atoms with E-state index >= 15 is 0 Å². The van der Waals surface area contributed by atoms with Crippen molar-refractivity contribution >= 4 is 23.3 Å². The van der Waals surface area contributed by atoms with Gasteiger partial charge in [-0.3, -0.25) is 4.79 Å². The fourth-order valence-corrected chi connectivity index (χ4v) is 2.37. The summed E-state index contributed by atoms with van der Waals surface area (Å²) in [5.74, 6) is -1.73. The molecule has 2 aromatic rings. The molecule has 27 heavy (non-hydrogen) atoms. The second kappa shape index (κ2) is 8.65. The number of azo groups is 1. The van der Waals surface area contributed by atoms with Gasteiger partial charge in [0, 0.05) is 6.07 Å². The smallest absolute Gasteiger partial charge is 0.338 e. The minimum atomic E-state index is -1.24. The number of ether oxygens (including phenoxy) is 3. The van der Waals surface area contributed by atoms with Crippen LogP contribution in [0, 0.1) is 0 Å². The van der Waals surface area contributed by atoms with Crippen LogP contribution in [0.15, 0.2) is 40.6 Å². The lowest BCUT2D eigenvalue weighted by Gasteiger charge is -2.15. The first-order valence-corrected chi connectivity index (χ1v) is 7.70. The van der Waals surface area contributed by atoms with Crippen LogP contribution in [0.1, 0.15) is 15.9 Å². The molecule has 0 aromatic heterocycles. The average Bonchev–Trinajstić information content (AvgIpc) is 2.65. The van der Waals surface area contributed by atoms with E-state index in [-0.39, 0.29) is 34.9 Å². The number of hydrogen-bond acceptors (Lipinski definition) is 7. The zero-order chi connectivity index (χ0) is 20.0. The van der Waals surface area contributed by atoms with Crippen LogP contribution in [0.4, 0.5) is 11.4 Å². The summed E-state index contributed by atoms with van der Waals surface area (Å²) >= 11 is 0. The van der Waals surface area contributed by atoms with Crippen molar-refractivity contribution in [1.82, 2.24) is 0 Å². The number of nitrogens with zero attached hydrogens (tertiary/aromatic N) is 2. The van der Waals surface area contributed by atoms with Gasteiger partial charge in [0.15, 0.2) is 11.5 Å². The lowest BCUT2D eigenvalue weighted by atomic mass is 10.1. The number of carboxylic acid groups (broad SMARTS) is 2. The first-order chi connectivity index (χ1) is 12.9. The molecular weight excluding hydrogens is 356 g/mol. The fourth-order valence-electron chi connectivity index (χ4n) is 2.37. The number of hydrogen-bond donors (Lipinski definition) is 2. The Balaban J connectivity index is 2.48. The molecule has 0 radical (unpaired) electrons. The molecule has 0 aliphatic heterocycles. The Morgan fingerprint density at radius 2 is 1.56 bits per heavy atom. The molecule has 9 heteroatoms. The molecule has 2 rings (SSSR count). The highest BCUT2D eigenvalue weighted by Gasteiger charge is 2.24. The topological polar surface area (TPSA) is 127 Å². The van der Waals surface area contributed by atoms with Crippen molar-refractivity contribution in [2.24, 2.45) is 10.2 Å². The minimum absolute atomic E-state index is 0.0303. The molecule has 142 valence electrons. The maximum absolute atomic E-state index is 11.6. The summed E-state index contributed by atoms with van der Waals surface area (Å²) in [5.41, 5.74) is 0.821. The third-order valence-electron chi connectivity index (χ3n) is 3.59. The molecule has 2 aromatic carbocycles. The zero-order valence-electron chi connectivity index (χ0n) is 14.9.